The monoisotopic (exact) mass is 270 g/mol. The van der Waals surface area contributed by atoms with Crippen LogP contribution in [0.25, 0.3) is 0 Å². The van der Waals surface area contributed by atoms with Crippen molar-refractivity contribution in [3.05, 3.63) is 53.6 Å². The first kappa shape index (κ1) is 13.9. The van der Waals surface area contributed by atoms with Gasteiger partial charge in [-0.1, -0.05) is 0 Å². The smallest absolute Gasteiger partial charge is 0.255 e. The normalized spacial score (nSPS) is 10.2. The van der Waals surface area contributed by atoms with Gasteiger partial charge in [0.05, 0.1) is 0 Å². The van der Waals surface area contributed by atoms with Crippen LogP contribution in [0, 0.1) is 6.92 Å². The number of aryl methyl sites for hydroxylation is 1. The summed E-state index contributed by atoms with van der Waals surface area (Å²) in [6.07, 6.45) is 0. The van der Waals surface area contributed by atoms with Crippen LogP contribution in [0.1, 0.15) is 15.9 Å². The van der Waals surface area contributed by atoms with Crippen molar-refractivity contribution in [3.63, 3.8) is 0 Å². The van der Waals surface area contributed by atoms with E-state index in [1.165, 1.54) is 12.1 Å². The van der Waals surface area contributed by atoms with Gasteiger partial charge in [-0.2, -0.15) is 0 Å². The number of benzene rings is 2. The molecule has 1 amide bonds. The number of carbonyl (C=O) groups excluding carboxylic acids is 1. The van der Waals surface area contributed by atoms with Gasteiger partial charge < -0.3 is 15.3 Å². The Bertz CT molecular complexity index is 619. The molecule has 0 unspecified atom stereocenters. The van der Waals surface area contributed by atoms with Crippen molar-refractivity contribution in [1.82, 2.24) is 0 Å². The van der Waals surface area contributed by atoms with E-state index in [2.05, 4.69) is 5.32 Å². The zero-order valence-electron chi connectivity index (χ0n) is 11.8. The molecule has 2 aromatic carbocycles. The van der Waals surface area contributed by atoms with Crippen LogP contribution in [0.5, 0.6) is 5.75 Å². The van der Waals surface area contributed by atoms with E-state index in [9.17, 15) is 9.90 Å². The standard InChI is InChI=1S/C16H18N2O2/c1-11-10-12(4-9-15(11)18(2)3)16(20)17-13-5-7-14(19)8-6-13/h4-10,19H,1-3H3,(H,17,20). The minimum absolute atomic E-state index is 0.163. The predicted octanol–water partition coefficient (Wildman–Crippen LogP) is 3.02. The van der Waals surface area contributed by atoms with Crippen molar-refractivity contribution in [1.29, 1.82) is 0 Å². The quantitative estimate of drug-likeness (QED) is 0.843. The molecule has 0 bridgehead atoms. The number of rotatable bonds is 3. The van der Waals surface area contributed by atoms with Crippen LogP contribution in [-0.4, -0.2) is 25.1 Å². The highest BCUT2D eigenvalue weighted by molar-refractivity contribution is 6.04. The zero-order chi connectivity index (χ0) is 14.7. The van der Waals surface area contributed by atoms with Gasteiger partial charge >= 0.3 is 0 Å². The zero-order valence-corrected chi connectivity index (χ0v) is 11.8. The SMILES string of the molecule is Cc1cc(C(=O)Nc2ccc(O)cc2)ccc1N(C)C. The second-order valence-corrected chi connectivity index (χ2v) is 4.90. The molecule has 0 aromatic heterocycles. The van der Waals surface area contributed by atoms with Crippen LogP contribution < -0.4 is 10.2 Å². The molecule has 0 aliphatic carbocycles. The molecule has 0 aliphatic heterocycles. The lowest BCUT2D eigenvalue weighted by molar-refractivity contribution is 0.102. The predicted molar refractivity (Wildman–Crippen MR) is 81.6 cm³/mol. The minimum atomic E-state index is -0.163. The van der Waals surface area contributed by atoms with E-state index in [-0.39, 0.29) is 11.7 Å². The van der Waals surface area contributed by atoms with E-state index in [1.54, 1.807) is 18.2 Å². The molecular formula is C16H18N2O2. The largest absolute Gasteiger partial charge is 0.508 e. The van der Waals surface area contributed by atoms with Crippen molar-refractivity contribution < 1.29 is 9.90 Å². The Morgan fingerprint density at radius 2 is 1.75 bits per heavy atom. The number of hydrogen-bond acceptors (Lipinski definition) is 3. The van der Waals surface area contributed by atoms with Gasteiger partial charge in [-0.05, 0) is 55.0 Å². The summed E-state index contributed by atoms with van der Waals surface area (Å²) in [5.41, 5.74) is 3.41. The first-order valence-corrected chi connectivity index (χ1v) is 6.36. The summed E-state index contributed by atoms with van der Waals surface area (Å²) < 4.78 is 0. The molecule has 0 fully saturated rings. The summed E-state index contributed by atoms with van der Waals surface area (Å²) in [4.78, 5) is 14.2. The third kappa shape index (κ3) is 3.09. The van der Waals surface area contributed by atoms with Crippen molar-refractivity contribution in [3.8, 4) is 5.75 Å². The number of amides is 1. The highest BCUT2D eigenvalue weighted by atomic mass is 16.3. The maximum Gasteiger partial charge on any atom is 0.255 e. The third-order valence-electron chi connectivity index (χ3n) is 3.07. The lowest BCUT2D eigenvalue weighted by Crippen LogP contribution is -2.14. The highest BCUT2D eigenvalue weighted by Crippen LogP contribution is 2.20. The summed E-state index contributed by atoms with van der Waals surface area (Å²) >= 11 is 0. The number of phenolic OH excluding ortho intramolecular Hbond substituents is 1. The van der Waals surface area contributed by atoms with Crippen molar-refractivity contribution in [2.75, 3.05) is 24.3 Å². The van der Waals surface area contributed by atoms with Crippen LogP contribution in [0.2, 0.25) is 0 Å². The molecule has 0 atom stereocenters. The summed E-state index contributed by atoms with van der Waals surface area (Å²) in [5.74, 6) is 0.0123. The van der Waals surface area contributed by atoms with Crippen LogP contribution in [-0.2, 0) is 0 Å². The lowest BCUT2D eigenvalue weighted by atomic mass is 10.1. The Balaban J connectivity index is 2.17. The molecule has 0 heterocycles. The molecule has 2 aromatic rings. The fourth-order valence-corrected chi connectivity index (χ4v) is 2.05. The van der Waals surface area contributed by atoms with Gasteiger partial charge in [0.1, 0.15) is 5.75 Å². The van der Waals surface area contributed by atoms with Gasteiger partial charge in [-0.25, -0.2) is 0 Å². The van der Waals surface area contributed by atoms with Gasteiger partial charge in [0.15, 0.2) is 0 Å². The number of hydrogen-bond donors (Lipinski definition) is 2. The molecule has 2 rings (SSSR count). The topological polar surface area (TPSA) is 52.6 Å². The van der Waals surface area contributed by atoms with Gasteiger partial charge in [0, 0.05) is 31.0 Å². The third-order valence-corrected chi connectivity index (χ3v) is 3.07. The Hall–Kier alpha value is -2.49. The Morgan fingerprint density at radius 1 is 1.10 bits per heavy atom. The highest BCUT2D eigenvalue weighted by Gasteiger charge is 2.09. The van der Waals surface area contributed by atoms with Crippen LogP contribution in [0.15, 0.2) is 42.5 Å². The molecule has 0 spiro atoms. The number of carbonyl (C=O) groups is 1. The minimum Gasteiger partial charge on any atom is -0.508 e. The molecule has 2 N–H and O–H groups in total. The van der Waals surface area contributed by atoms with E-state index < -0.39 is 0 Å². The maximum absolute atomic E-state index is 12.1. The molecular weight excluding hydrogens is 252 g/mol. The summed E-state index contributed by atoms with van der Waals surface area (Å²) in [7, 11) is 3.94. The van der Waals surface area contributed by atoms with Crippen molar-refractivity contribution >= 4 is 17.3 Å². The maximum atomic E-state index is 12.1. The first-order chi connectivity index (χ1) is 9.47. The fraction of sp³-hybridized carbons (Fsp3) is 0.188. The molecule has 4 nitrogen and oxygen atoms in total. The second kappa shape index (κ2) is 5.65. The number of phenols is 1. The van der Waals surface area contributed by atoms with E-state index in [0.29, 0.717) is 11.3 Å². The Kier molecular flexibility index (Phi) is 3.94. The Labute approximate surface area is 118 Å². The van der Waals surface area contributed by atoms with E-state index in [0.717, 1.165) is 11.3 Å². The first-order valence-electron chi connectivity index (χ1n) is 6.36. The van der Waals surface area contributed by atoms with E-state index in [4.69, 9.17) is 0 Å². The van der Waals surface area contributed by atoms with Crippen LogP contribution in [0.4, 0.5) is 11.4 Å². The molecule has 0 aliphatic rings. The lowest BCUT2D eigenvalue weighted by Gasteiger charge is -2.16. The molecule has 0 radical (unpaired) electrons. The molecule has 4 heteroatoms. The van der Waals surface area contributed by atoms with Crippen molar-refractivity contribution in [2.45, 2.75) is 6.92 Å². The van der Waals surface area contributed by atoms with Gasteiger partial charge in [0.2, 0.25) is 0 Å². The number of nitrogens with zero attached hydrogens (tertiary/aromatic N) is 1. The number of aromatic hydroxyl groups is 1. The second-order valence-electron chi connectivity index (χ2n) is 4.90. The summed E-state index contributed by atoms with van der Waals surface area (Å²) in [6.45, 7) is 1.98. The molecule has 20 heavy (non-hydrogen) atoms. The Morgan fingerprint density at radius 3 is 2.30 bits per heavy atom. The van der Waals surface area contributed by atoms with Crippen molar-refractivity contribution in [2.24, 2.45) is 0 Å². The number of nitrogens with one attached hydrogen (secondary N) is 1. The number of anilines is 2. The van der Waals surface area contributed by atoms with Crippen LogP contribution in [0.3, 0.4) is 0 Å². The van der Waals surface area contributed by atoms with Crippen LogP contribution >= 0.6 is 0 Å². The van der Waals surface area contributed by atoms with Gasteiger partial charge in [-0.15, -0.1) is 0 Å². The average Bonchev–Trinajstić information content (AvgIpc) is 2.40. The molecule has 0 saturated heterocycles. The summed E-state index contributed by atoms with van der Waals surface area (Å²) in [5, 5.41) is 12.0. The van der Waals surface area contributed by atoms with E-state index in [1.807, 2.05) is 38.1 Å². The molecule has 104 valence electrons. The average molecular weight is 270 g/mol. The summed E-state index contributed by atoms with van der Waals surface area (Å²) in [6, 6.07) is 12.0. The van der Waals surface area contributed by atoms with Gasteiger partial charge in [-0.3, -0.25) is 4.79 Å². The fourth-order valence-electron chi connectivity index (χ4n) is 2.05. The van der Waals surface area contributed by atoms with Gasteiger partial charge in [0.25, 0.3) is 5.91 Å². The molecule has 0 saturated carbocycles. The van der Waals surface area contributed by atoms with E-state index >= 15 is 0 Å².